The summed E-state index contributed by atoms with van der Waals surface area (Å²) in [6.45, 7) is 7.40. The smallest absolute Gasteiger partial charge is 0.313 e. The molecule has 0 spiro atoms. The second kappa shape index (κ2) is 14.0. The number of amides is 1. The number of rotatable bonds is 9. The van der Waals surface area contributed by atoms with Gasteiger partial charge in [0.05, 0.1) is 12.0 Å². The summed E-state index contributed by atoms with van der Waals surface area (Å²) >= 11 is 0. The van der Waals surface area contributed by atoms with Crippen LogP contribution >= 0.6 is 0 Å². The lowest BCUT2D eigenvalue weighted by Crippen LogP contribution is -2.51. The van der Waals surface area contributed by atoms with Crippen LogP contribution in [-0.2, 0) is 35.1 Å². The number of esters is 2. The number of unbranched alkanes of at least 4 members (excludes halogenated alkanes) is 4. The molecule has 35 heavy (non-hydrogen) atoms. The molecule has 4 atom stereocenters. The van der Waals surface area contributed by atoms with Crippen molar-refractivity contribution < 1.29 is 28.7 Å². The summed E-state index contributed by atoms with van der Waals surface area (Å²) in [4.78, 5) is 53.8. The van der Waals surface area contributed by atoms with Gasteiger partial charge in [-0.3, -0.25) is 19.2 Å². The van der Waals surface area contributed by atoms with E-state index in [9.17, 15) is 19.2 Å². The fourth-order valence-corrected chi connectivity index (χ4v) is 4.34. The van der Waals surface area contributed by atoms with Crippen LogP contribution in [0.3, 0.4) is 0 Å². The molecule has 1 aliphatic rings. The zero-order chi connectivity index (χ0) is 26.0. The maximum atomic E-state index is 13.4. The third-order valence-electron chi connectivity index (χ3n) is 6.67. The predicted octanol–water partition coefficient (Wildman–Crippen LogP) is 4.51. The number of nitrogens with zero attached hydrogens (tertiary/aromatic N) is 1. The first kappa shape index (κ1) is 28.5. The van der Waals surface area contributed by atoms with E-state index in [0.717, 1.165) is 37.7 Å². The molecular formula is C28H41NO6. The highest BCUT2D eigenvalue weighted by atomic mass is 16.6. The minimum Gasteiger partial charge on any atom is -0.461 e. The van der Waals surface area contributed by atoms with E-state index in [0.29, 0.717) is 6.42 Å². The first-order valence-electron chi connectivity index (χ1n) is 12.9. The minimum atomic E-state index is -1.03. The van der Waals surface area contributed by atoms with Gasteiger partial charge in [0.1, 0.15) is 12.5 Å². The van der Waals surface area contributed by atoms with E-state index in [1.54, 1.807) is 20.8 Å². The molecule has 0 radical (unpaired) electrons. The van der Waals surface area contributed by atoms with Crippen molar-refractivity contribution in [2.24, 2.45) is 11.8 Å². The number of Topliss-reactive ketones (excluding diaryl/α,β-unsaturated/α-hetero) is 1. The number of ether oxygens (including phenoxy) is 2. The van der Waals surface area contributed by atoms with Crippen LogP contribution in [0.2, 0.25) is 0 Å². The molecule has 1 aromatic carbocycles. The number of likely N-dealkylation sites (N-methyl/N-ethyl adjacent to an activating group) is 1. The van der Waals surface area contributed by atoms with Gasteiger partial charge >= 0.3 is 11.9 Å². The molecule has 194 valence electrons. The molecule has 2 rings (SSSR count). The highest BCUT2D eigenvalue weighted by molar-refractivity contribution is 6.01. The Morgan fingerprint density at radius 1 is 0.971 bits per heavy atom. The molecule has 7 nitrogen and oxygen atoms in total. The lowest BCUT2D eigenvalue weighted by molar-refractivity contribution is -0.175. The molecule has 1 aliphatic heterocycles. The summed E-state index contributed by atoms with van der Waals surface area (Å²) in [7, 11) is 1.52. The number of hydrogen-bond acceptors (Lipinski definition) is 6. The van der Waals surface area contributed by atoms with Crippen LogP contribution in [0.5, 0.6) is 0 Å². The second-order valence-electron chi connectivity index (χ2n) is 9.92. The van der Waals surface area contributed by atoms with Gasteiger partial charge < -0.3 is 14.4 Å². The van der Waals surface area contributed by atoms with Gasteiger partial charge in [0.2, 0.25) is 0 Å². The minimum absolute atomic E-state index is 0.255. The quantitative estimate of drug-likeness (QED) is 0.289. The van der Waals surface area contributed by atoms with Gasteiger partial charge in [-0.25, -0.2) is 0 Å². The molecule has 1 saturated heterocycles. The average Bonchev–Trinajstić information content (AvgIpc) is 2.83. The number of cyclic esters (lactones) is 2. The molecule has 0 aromatic heterocycles. The third kappa shape index (κ3) is 8.48. The van der Waals surface area contributed by atoms with Gasteiger partial charge in [-0.05, 0) is 37.7 Å². The van der Waals surface area contributed by atoms with Crippen LogP contribution in [0.15, 0.2) is 30.3 Å². The molecule has 1 heterocycles. The van der Waals surface area contributed by atoms with Crippen LogP contribution in [-0.4, -0.2) is 53.8 Å². The summed E-state index contributed by atoms with van der Waals surface area (Å²) in [5.41, 5.74) is 0.864. The molecule has 0 bridgehead atoms. The Balaban J connectivity index is 2.31. The number of carbonyl (C=O) groups excluding carboxylic acids is 4. The summed E-state index contributed by atoms with van der Waals surface area (Å²) in [5.74, 6) is -3.10. The largest absolute Gasteiger partial charge is 0.461 e. The highest BCUT2D eigenvalue weighted by Gasteiger charge is 2.39. The SMILES string of the molecule is CCCCCCC[C@H]1OC(=O)CC(=O)[C@H](Cc2ccccc2)N(C)C(=O)[C@H](C(C)C)OC(=O)[C@H]1C. The summed E-state index contributed by atoms with van der Waals surface area (Å²) in [5, 5.41) is 0. The Bertz CT molecular complexity index is 852. The van der Waals surface area contributed by atoms with E-state index in [4.69, 9.17) is 9.47 Å². The van der Waals surface area contributed by atoms with Gasteiger partial charge in [0, 0.05) is 7.05 Å². The van der Waals surface area contributed by atoms with Gasteiger partial charge in [0.15, 0.2) is 11.9 Å². The lowest BCUT2D eigenvalue weighted by atomic mass is 9.95. The van der Waals surface area contributed by atoms with Crippen LogP contribution in [0.4, 0.5) is 0 Å². The van der Waals surface area contributed by atoms with Gasteiger partial charge in [-0.2, -0.15) is 0 Å². The Morgan fingerprint density at radius 2 is 1.63 bits per heavy atom. The molecule has 1 amide bonds. The molecule has 7 heteroatoms. The number of hydrogen-bond donors (Lipinski definition) is 0. The van der Waals surface area contributed by atoms with Gasteiger partial charge in [0.25, 0.3) is 5.91 Å². The lowest BCUT2D eigenvalue weighted by Gasteiger charge is -2.33. The molecule has 0 N–H and O–H groups in total. The Morgan fingerprint density at radius 3 is 2.26 bits per heavy atom. The Labute approximate surface area is 209 Å². The van der Waals surface area contributed by atoms with Crippen molar-refractivity contribution in [3.63, 3.8) is 0 Å². The van der Waals surface area contributed by atoms with Crippen LogP contribution in [0, 0.1) is 11.8 Å². The number of carbonyl (C=O) groups is 4. The fourth-order valence-electron chi connectivity index (χ4n) is 4.34. The third-order valence-corrected chi connectivity index (χ3v) is 6.67. The molecule has 1 fully saturated rings. The van der Waals surface area contributed by atoms with Crippen molar-refractivity contribution in [1.29, 1.82) is 0 Å². The fraction of sp³-hybridized carbons (Fsp3) is 0.643. The summed E-state index contributed by atoms with van der Waals surface area (Å²) in [6, 6.07) is 8.46. The monoisotopic (exact) mass is 487 g/mol. The standard InChI is InChI=1S/C28H41NO6/c1-6-7-8-9-13-16-24-20(4)28(33)35-26(19(2)3)27(32)29(5)22(23(30)18-25(31)34-24)17-21-14-11-10-12-15-21/h10-12,14-15,19-20,22,24,26H,6-9,13,16-18H2,1-5H3/t20-,22-,24+,26-/m0/s1. The maximum Gasteiger partial charge on any atom is 0.313 e. The molecule has 0 aliphatic carbocycles. The Kier molecular flexibility index (Phi) is 11.4. The van der Waals surface area contributed by atoms with E-state index in [-0.39, 0.29) is 12.3 Å². The average molecular weight is 488 g/mol. The molecule has 0 saturated carbocycles. The maximum absolute atomic E-state index is 13.4. The van der Waals surface area contributed by atoms with E-state index in [2.05, 4.69) is 6.92 Å². The first-order valence-corrected chi connectivity index (χ1v) is 12.9. The molecule has 0 unspecified atom stereocenters. The zero-order valence-corrected chi connectivity index (χ0v) is 21.8. The Hall–Kier alpha value is -2.70. The van der Waals surface area contributed by atoms with Crippen molar-refractivity contribution in [3.8, 4) is 0 Å². The second-order valence-corrected chi connectivity index (χ2v) is 9.92. The van der Waals surface area contributed by atoms with Crippen molar-refractivity contribution >= 4 is 23.6 Å². The van der Waals surface area contributed by atoms with Crippen molar-refractivity contribution in [2.75, 3.05) is 7.05 Å². The van der Waals surface area contributed by atoms with E-state index >= 15 is 0 Å². The van der Waals surface area contributed by atoms with Gasteiger partial charge in [-0.1, -0.05) is 76.8 Å². The van der Waals surface area contributed by atoms with Gasteiger partial charge in [-0.15, -0.1) is 0 Å². The molecule has 1 aromatic rings. The van der Waals surface area contributed by atoms with Crippen LogP contribution in [0.1, 0.15) is 78.2 Å². The van der Waals surface area contributed by atoms with E-state index in [1.807, 2.05) is 30.3 Å². The predicted molar refractivity (Wildman–Crippen MR) is 133 cm³/mol. The van der Waals surface area contributed by atoms with Crippen molar-refractivity contribution in [3.05, 3.63) is 35.9 Å². The topological polar surface area (TPSA) is 90.0 Å². The zero-order valence-electron chi connectivity index (χ0n) is 21.8. The van der Waals surface area contributed by atoms with Crippen molar-refractivity contribution in [2.45, 2.75) is 97.3 Å². The first-order chi connectivity index (χ1) is 16.6. The summed E-state index contributed by atoms with van der Waals surface area (Å²) < 4.78 is 11.4. The molecular weight excluding hydrogens is 446 g/mol. The highest BCUT2D eigenvalue weighted by Crippen LogP contribution is 2.23. The van der Waals surface area contributed by atoms with E-state index in [1.165, 1.54) is 11.9 Å². The van der Waals surface area contributed by atoms with Crippen LogP contribution < -0.4 is 0 Å². The number of ketones is 1. The normalized spacial score (nSPS) is 24.6. The summed E-state index contributed by atoms with van der Waals surface area (Å²) in [6.07, 6.45) is 3.69. The number of benzene rings is 1. The van der Waals surface area contributed by atoms with Crippen molar-refractivity contribution in [1.82, 2.24) is 4.90 Å². The van der Waals surface area contributed by atoms with Crippen LogP contribution in [0.25, 0.3) is 0 Å². The van der Waals surface area contributed by atoms with E-state index < -0.39 is 54.2 Å².